The number of halogens is 4. The minimum atomic E-state index is -4.44. The van der Waals surface area contributed by atoms with Gasteiger partial charge in [-0.2, -0.15) is 0 Å². The fraction of sp³-hybridized carbons (Fsp3) is 0.0909. The zero-order valence-electron chi connectivity index (χ0n) is 16.0. The number of aryl methyl sites for hydroxylation is 1. The van der Waals surface area contributed by atoms with Gasteiger partial charge < -0.3 is 0 Å². The Balaban J connectivity index is 2.00. The third kappa shape index (κ3) is 4.32. The third-order valence-electron chi connectivity index (χ3n) is 4.71. The monoisotopic (exact) mass is 573 g/mol. The summed E-state index contributed by atoms with van der Waals surface area (Å²) in [5.74, 6) is 0. The Morgan fingerprint density at radius 2 is 1.55 bits per heavy atom. The van der Waals surface area contributed by atoms with Crippen LogP contribution in [0, 0.1) is 6.92 Å². The van der Waals surface area contributed by atoms with Crippen LogP contribution in [-0.2, 0) is 10.0 Å². The van der Waals surface area contributed by atoms with Crippen molar-refractivity contribution in [2.75, 3.05) is 0 Å². The van der Waals surface area contributed by atoms with Gasteiger partial charge in [-0.05, 0) is 0 Å². The van der Waals surface area contributed by atoms with E-state index >= 15 is 0 Å². The topological polar surface area (TPSA) is 39.1 Å². The second-order valence-electron chi connectivity index (χ2n) is 6.85. The van der Waals surface area contributed by atoms with Gasteiger partial charge in [-0.1, -0.05) is 0 Å². The predicted molar refractivity (Wildman–Crippen MR) is 120 cm³/mol. The van der Waals surface area contributed by atoms with Crippen molar-refractivity contribution >= 4 is 56.3 Å². The molecule has 0 amide bonds. The van der Waals surface area contributed by atoms with Crippen LogP contribution in [0.25, 0.3) is 22.0 Å². The molecule has 0 aliphatic carbocycles. The van der Waals surface area contributed by atoms with E-state index in [2.05, 4.69) is 15.9 Å². The summed E-state index contributed by atoms with van der Waals surface area (Å²) in [5, 5.41) is -4.17. The molecule has 0 aliphatic rings. The minimum absolute atomic E-state index is 0.00824. The van der Waals surface area contributed by atoms with Crippen LogP contribution in [0.3, 0.4) is 0 Å². The van der Waals surface area contributed by atoms with Crippen LogP contribution >= 0.6 is 15.9 Å². The molecule has 0 unspecified atom stereocenters. The molecule has 0 atom stereocenters. The number of benzene rings is 3. The zero-order valence-corrected chi connectivity index (χ0v) is 20.1. The summed E-state index contributed by atoms with van der Waals surface area (Å²) in [6.07, 6.45) is 0. The average molecular weight is 573 g/mol. The van der Waals surface area contributed by atoms with Crippen molar-refractivity contribution < 1.29 is 21.6 Å². The Morgan fingerprint density at radius 3 is 2.16 bits per heavy atom. The Bertz CT molecular complexity index is 1370. The first-order valence-electron chi connectivity index (χ1n) is 9.05. The van der Waals surface area contributed by atoms with Crippen LogP contribution in [0.2, 0.25) is 0 Å². The molecule has 9 heteroatoms. The van der Waals surface area contributed by atoms with Gasteiger partial charge >= 0.3 is 193 Å². The van der Waals surface area contributed by atoms with Crippen molar-refractivity contribution in [3.05, 3.63) is 83.0 Å². The van der Waals surface area contributed by atoms with Crippen LogP contribution in [0.4, 0.5) is 13.2 Å². The van der Waals surface area contributed by atoms with Crippen LogP contribution in [-0.4, -0.2) is 32.4 Å². The van der Waals surface area contributed by atoms with Gasteiger partial charge in [-0.3, -0.25) is 0 Å². The van der Waals surface area contributed by atoms with Crippen LogP contribution in [0.5, 0.6) is 0 Å². The fourth-order valence-electron chi connectivity index (χ4n) is 3.28. The molecule has 4 rings (SSSR count). The molecule has 3 nitrogen and oxygen atoms in total. The summed E-state index contributed by atoms with van der Waals surface area (Å²) in [6, 6.07) is 20.3. The summed E-state index contributed by atoms with van der Waals surface area (Å²) < 4.78 is 67.7. The van der Waals surface area contributed by atoms with Crippen molar-refractivity contribution in [2.45, 2.75) is 16.9 Å². The predicted octanol–water partition coefficient (Wildman–Crippen LogP) is 5.47. The van der Waals surface area contributed by atoms with E-state index in [-0.39, 0.29) is 24.9 Å². The second-order valence-corrected chi connectivity index (χ2v) is 11.6. The first-order valence-corrected chi connectivity index (χ1v) is 13.0. The van der Waals surface area contributed by atoms with Crippen molar-refractivity contribution in [2.24, 2.45) is 0 Å². The van der Waals surface area contributed by atoms with Crippen molar-refractivity contribution in [3.63, 3.8) is 0 Å². The van der Waals surface area contributed by atoms with Crippen LogP contribution in [0.15, 0.2) is 82.3 Å². The molecule has 1 heterocycles. The molecular weight excluding hydrogens is 558 g/mol. The number of fused-ring (bicyclic) bond motifs is 1. The summed E-state index contributed by atoms with van der Waals surface area (Å²) in [6.45, 7) is 1.83. The van der Waals surface area contributed by atoms with Gasteiger partial charge in [0.2, 0.25) is 0 Å². The van der Waals surface area contributed by atoms with E-state index in [1.54, 1.807) is 30.3 Å². The van der Waals surface area contributed by atoms with Gasteiger partial charge in [0.15, 0.2) is 0 Å². The summed E-state index contributed by atoms with van der Waals surface area (Å²) in [7, 11) is -4.11. The molecule has 0 aliphatic heterocycles. The van der Waals surface area contributed by atoms with Gasteiger partial charge in [0.25, 0.3) is 0 Å². The van der Waals surface area contributed by atoms with Crippen LogP contribution in [0.1, 0.15) is 5.56 Å². The van der Waals surface area contributed by atoms with Crippen molar-refractivity contribution in [1.29, 1.82) is 0 Å². The molecule has 0 fully saturated rings. The van der Waals surface area contributed by atoms with Crippen molar-refractivity contribution in [1.82, 2.24) is 3.97 Å². The Labute approximate surface area is 192 Å². The van der Waals surface area contributed by atoms with E-state index in [1.807, 2.05) is 37.3 Å². The molecule has 4 aromatic rings. The van der Waals surface area contributed by atoms with E-state index in [4.69, 9.17) is 0 Å². The molecular formula is C22H15BrF3NO2SSe. The second kappa shape index (κ2) is 8.13. The van der Waals surface area contributed by atoms with Gasteiger partial charge in [0.05, 0.1) is 0 Å². The number of nitrogens with zero attached hydrogens (tertiary/aromatic N) is 1. The maximum absolute atomic E-state index is 13.4. The molecule has 0 saturated carbocycles. The summed E-state index contributed by atoms with van der Waals surface area (Å²) in [4.78, 5) is 0.00824. The Hall–Kier alpha value is -2.06. The molecule has 1 aromatic heterocycles. The van der Waals surface area contributed by atoms with E-state index in [0.717, 1.165) is 15.1 Å². The molecule has 160 valence electrons. The fourth-order valence-corrected chi connectivity index (χ4v) is 7.64. The average Bonchev–Trinajstić information content (AvgIpc) is 2.99. The Kier molecular flexibility index (Phi) is 5.81. The number of alkyl halides is 3. The van der Waals surface area contributed by atoms with E-state index in [9.17, 15) is 21.6 Å². The third-order valence-corrected chi connectivity index (χ3v) is 9.80. The SMILES string of the molecule is Cc1ccc(S(=O)(=O)n2c(Br)c([Se]C(F)(F)F)c3cc(-c4ccccc4)ccc32)cc1. The van der Waals surface area contributed by atoms with Gasteiger partial charge in [-0.15, -0.1) is 0 Å². The summed E-state index contributed by atoms with van der Waals surface area (Å²) >= 11 is 1.24. The Morgan fingerprint density at radius 1 is 0.903 bits per heavy atom. The van der Waals surface area contributed by atoms with Crippen LogP contribution < -0.4 is 4.46 Å². The molecule has 0 saturated heterocycles. The molecule has 0 spiro atoms. The van der Waals surface area contributed by atoms with E-state index in [1.165, 1.54) is 12.1 Å². The van der Waals surface area contributed by atoms with Gasteiger partial charge in [0.1, 0.15) is 0 Å². The normalized spacial score (nSPS) is 12.4. The zero-order chi connectivity index (χ0) is 22.4. The van der Waals surface area contributed by atoms with Gasteiger partial charge in [0, 0.05) is 0 Å². The maximum atomic E-state index is 13.4. The van der Waals surface area contributed by atoms with E-state index in [0.29, 0.717) is 5.56 Å². The molecule has 3 aromatic carbocycles. The molecule has 31 heavy (non-hydrogen) atoms. The molecule has 0 N–H and O–H groups in total. The molecule has 0 radical (unpaired) electrons. The number of hydrogen-bond acceptors (Lipinski definition) is 2. The first-order chi connectivity index (χ1) is 14.6. The number of rotatable bonds is 4. The van der Waals surface area contributed by atoms with Gasteiger partial charge in [-0.25, -0.2) is 0 Å². The standard InChI is InChI=1S/C22H15BrF3NO2SSe/c1-14-7-10-17(11-8-14)30(28,29)27-19-12-9-16(15-5-3-2-4-6-15)13-18(19)20(21(27)23)31-22(24,25)26/h2-13H,1H3. The number of hydrogen-bond donors (Lipinski definition) is 0. The number of aromatic nitrogens is 1. The van der Waals surface area contributed by atoms with Crippen molar-refractivity contribution in [3.8, 4) is 11.1 Å². The van der Waals surface area contributed by atoms with E-state index < -0.39 is 30.1 Å². The first kappa shape index (κ1) is 22.1. The molecule has 0 bridgehead atoms. The summed E-state index contributed by atoms with van der Waals surface area (Å²) in [5.41, 5.74) is 2.63. The quantitative estimate of drug-likeness (QED) is 0.304.